The van der Waals surface area contributed by atoms with E-state index in [2.05, 4.69) is 21.9 Å². The van der Waals surface area contributed by atoms with E-state index in [9.17, 15) is 14.9 Å². The zero-order chi connectivity index (χ0) is 24.2. The van der Waals surface area contributed by atoms with Gasteiger partial charge in [0.2, 0.25) is 0 Å². The summed E-state index contributed by atoms with van der Waals surface area (Å²) in [6, 6.07) is 17.6. The maximum atomic E-state index is 13.5. The van der Waals surface area contributed by atoms with E-state index < -0.39 is 5.91 Å². The predicted octanol–water partition coefficient (Wildman–Crippen LogP) is 1.79. The number of hydrogen-bond donors (Lipinski definition) is 0. The lowest BCUT2D eigenvalue weighted by Gasteiger charge is -2.37. The molecule has 2 fully saturated rings. The number of para-hydroxylation sites is 1. The number of amides is 1. The third kappa shape index (κ3) is 4.61. The van der Waals surface area contributed by atoms with Crippen LogP contribution in [-0.4, -0.2) is 72.7 Å². The number of pyridine rings is 1. The molecule has 5 rings (SSSR count). The Kier molecular flexibility index (Phi) is 6.46. The van der Waals surface area contributed by atoms with Gasteiger partial charge in [0.15, 0.2) is 0 Å². The number of rotatable bonds is 4. The number of benzene rings is 1. The van der Waals surface area contributed by atoms with Gasteiger partial charge in [0, 0.05) is 51.2 Å². The van der Waals surface area contributed by atoms with Crippen LogP contribution in [0.2, 0.25) is 0 Å². The standard InChI is InChI=1S/C26H26N6O3/c27-19-20(25(33)31-14-16-35-17-15-31)18-22-24(28-23-8-4-5-9-32(23)26(22)34)30-12-10-29(11-13-30)21-6-2-1-3-7-21/h1-9,18H,10-17H2/b20-18+. The summed E-state index contributed by atoms with van der Waals surface area (Å²) in [6.45, 7) is 4.54. The Bertz CT molecular complexity index is 1350. The van der Waals surface area contributed by atoms with Crippen molar-refractivity contribution in [3.63, 3.8) is 0 Å². The van der Waals surface area contributed by atoms with Crippen molar-refractivity contribution < 1.29 is 9.53 Å². The predicted molar refractivity (Wildman–Crippen MR) is 133 cm³/mol. The molecule has 3 aromatic rings. The molecule has 0 saturated carbocycles. The first kappa shape index (κ1) is 22.6. The lowest BCUT2D eigenvalue weighted by atomic mass is 10.1. The fraction of sp³-hybridized carbons (Fsp3) is 0.308. The third-order valence-corrected chi connectivity index (χ3v) is 6.39. The first-order valence-electron chi connectivity index (χ1n) is 11.7. The minimum atomic E-state index is -0.395. The number of carbonyl (C=O) groups excluding carboxylic acids is 1. The zero-order valence-corrected chi connectivity index (χ0v) is 19.3. The maximum Gasteiger partial charge on any atom is 0.267 e. The van der Waals surface area contributed by atoms with Crippen LogP contribution in [0.25, 0.3) is 11.7 Å². The fourth-order valence-electron chi connectivity index (χ4n) is 4.50. The fourth-order valence-corrected chi connectivity index (χ4v) is 4.50. The first-order valence-corrected chi connectivity index (χ1v) is 11.7. The SMILES string of the molecule is N#C/C(=C\c1c(N2CCN(c3ccccc3)CC2)nc2ccccn2c1=O)C(=O)N1CCOCC1. The van der Waals surface area contributed by atoms with Crippen LogP contribution in [0.4, 0.5) is 11.5 Å². The second kappa shape index (κ2) is 9.99. The van der Waals surface area contributed by atoms with Gasteiger partial charge in [-0.2, -0.15) is 5.26 Å². The second-order valence-corrected chi connectivity index (χ2v) is 8.47. The molecule has 0 radical (unpaired) electrons. The zero-order valence-electron chi connectivity index (χ0n) is 19.3. The summed E-state index contributed by atoms with van der Waals surface area (Å²) < 4.78 is 6.77. The van der Waals surface area contributed by atoms with Crippen LogP contribution in [0.1, 0.15) is 5.56 Å². The molecule has 0 N–H and O–H groups in total. The molecule has 9 nitrogen and oxygen atoms in total. The van der Waals surface area contributed by atoms with Gasteiger partial charge in [-0.05, 0) is 30.3 Å². The van der Waals surface area contributed by atoms with E-state index in [0.29, 0.717) is 50.9 Å². The number of anilines is 2. The van der Waals surface area contributed by atoms with E-state index in [-0.39, 0.29) is 16.7 Å². The Balaban J connectivity index is 1.51. The molecule has 35 heavy (non-hydrogen) atoms. The Morgan fingerprint density at radius 2 is 1.63 bits per heavy atom. The van der Waals surface area contributed by atoms with Gasteiger partial charge in [-0.25, -0.2) is 4.98 Å². The number of hydrogen-bond acceptors (Lipinski definition) is 7. The summed E-state index contributed by atoms with van der Waals surface area (Å²) in [5, 5.41) is 9.81. The number of nitrogens with zero attached hydrogens (tertiary/aromatic N) is 6. The molecule has 2 aromatic heterocycles. The van der Waals surface area contributed by atoms with Gasteiger partial charge in [0.05, 0.1) is 18.8 Å². The summed E-state index contributed by atoms with van der Waals surface area (Å²) in [4.78, 5) is 37.3. The van der Waals surface area contributed by atoms with Gasteiger partial charge < -0.3 is 19.4 Å². The van der Waals surface area contributed by atoms with Crippen LogP contribution >= 0.6 is 0 Å². The van der Waals surface area contributed by atoms with Gasteiger partial charge in [-0.1, -0.05) is 24.3 Å². The van der Waals surface area contributed by atoms with E-state index in [0.717, 1.165) is 18.8 Å². The Hall–Kier alpha value is -4.16. The molecule has 0 spiro atoms. The number of fused-ring (bicyclic) bond motifs is 1. The van der Waals surface area contributed by atoms with Crippen molar-refractivity contribution in [2.75, 3.05) is 62.3 Å². The molecule has 2 aliphatic rings. The van der Waals surface area contributed by atoms with Gasteiger partial charge in [0.25, 0.3) is 11.5 Å². The lowest BCUT2D eigenvalue weighted by molar-refractivity contribution is -0.130. The summed E-state index contributed by atoms with van der Waals surface area (Å²) in [5.74, 6) is 0.102. The average molecular weight is 471 g/mol. The molecule has 0 aliphatic carbocycles. The third-order valence-electron chi connectivity index (χ3n) is 6.39. The number of nitriles is 1. The topological polar surface area (TPSA) is 94.2 Å². The van der Waals surface area contributed by atoms with Crippen molar-refractivity contribution >= 4 is 29.1 Å². The minimum absolute atomic E-state index is 0.0779. The lowest BCUT2D eigenvalue weighted by Crippen LogP contribution is -2.47. The monoisotopic (exact) mass is 470 g/mol. The Morgan fingerprint density at radius 3 is 2.34 bits per heavy atom. The molecule has 178 valence electrons. The summed E-state index contributed by atoms with van der Waals surface area (Å²) >= 11 is 0. The van der Waals surface area contributed by atoms with E-state index in [1.165, 1.54) is 10.5 Å². The maximum absolute atomic E-state index is 13.5. The highest BCUT2D eigenvalue weighted by atomic mass is 16.5. The van der Waals surface area contributed by atoms with E-state index in [1.54, 1.807) is 23.2 Å². The number of morpholine rings is 1. The van der Waals surface area contributed by atoms with E-state index in [1.807, 2.05) is 30.3 Å². The van der Waals surface area contributed by atoms with Gasteiger partial charge >= 0.3 is 0 Å². The van der Waals surface area contributed by atoms with Crippen molar-refractivity contribution in [3.8, 4) is 6.07 Å². The van der Waals surface area contributed by atoms with Gasteiger partial charge in [-0.3, -0.25) is 14.0 Å². The van der Waals surface area contributed by atoms with Gasteiger partial charge in [-0.15, -0.1) is 0 Å². The van der Waals surface area contributed by atoms with Crippen LogP contribution in [0.5, 0.6) is 0 Å². The highest BCUT2D eigenvalue weighted by Crippen LogP contribution is 2.23. The molecule has 1 amide bonds. The van der Waals surface area contributed by atoms with Crippen LogP contribution < -0.4 is 15.4 Å². The molecule has 0 atom stereocenters. The van der Waals surface area contributed by atoms with E-state index in [4.69, 9.17) is 9.72 Å². The largest absolute Gasteiger partial charge is 0.378 e. The van der Waals surface area contributed by atoms with E-state index >= 15 is 0 Å². The molecule has 2 saturated heterocycles. The first-order chi connectivity index (χ1) is 17.2. The normalized spacial score (nSPS) is 16.9. The van der Waals surface area contributed by atoms with Crippen LogP contribution in [0.15, 0.2) is 65.1 Å². The molecule has 2 aliphatic heterocycles. The molecule has 9 heteroatoms. The summed E-state index contributed by atoms with van der Waals surface area (Å²) in [5.41, 5.74) is 1.54. The minimum Gasteiger partial charge on any atom is -0.378 e. The summed E-state index contributed by atoms with van der Waals surface area (Å²) in [7, 11) is 0. The quantitative estimate of drug-likeness (QED) is 0.424. The Labute approximate surface area is 203 Å². The number of ether oxygens (including phenoxy) is 1. The summed E-state index contributed by atoms with van der Waals surface area (Å²) in [6.07, 6.45) is 3.06. The van der Waals surface area contributed by atoms with Gasteiger partial charge in [0.1, 0.15) is 23.1 Å². The molecule has 4 heterocycles. The molecular weight excluding hydrogens is 444 g/mol. The molecular formula is C26H26N6O3. The van der Waals surface area contributed by atoms with Crippen LogP contribution in [-0.2, 0) is 9.53 Å². The number of piperazine rings is 1. The van der Waals surface area contributed by atoms with Crippen LogP contribution in [0.3, 0.4) is 0 Å². The van der Waals surface area contributed by atoms with Crippen molar-refractivity contribution in [3.05, 3.63) is 76.2 Å². The number of aromatic nitrogens is 2. The molecule has 0 unspecified atom stereocenters. The van der Waals surface area contributed by atoms with Crippen LogP contribution in [0, 0.1) is 11.3 Å². The average Bonchev–Trinajstić information content (AvgIpc) is 2.93. The van der Waals surface area contributed by atoms with Crippen molar-refractivity contribution in [2.24, 2.45) is 0 Å². The van der Waals surface area contributed by atoms with Crippen molar-refractivity contribution in [1.29, 1.82) is 5.26 Å². The van der Waals surface area contributed by atoms with Crippen molar-refractivity contribution in [2.45, 2.75) is 0 Å². The smallest absolute Gasteiger partial charge is 0.267 e. The highest BCUT2D eigenvalue weighted by Gasteiger charge is 2.25. The second-order valence-electron chi connectivity index (χ2n) is 8.47. The highest BCUT2D eigenvalue weighted by molar-refractivity contribution is 6.02. The molecule has 0 bridgehead atoms. The number of carbonyl (C=O) groups is 1. The Morgan fingerprint density at radius 1 is 0.943 bits per heavy atom. The molecule has 1 aromatic carbocycles. The van der Waals surface area contributed by atoms with Crippen molar-refractivity contribution in [1.82, 2.24) is 14.3 Å².